The van der Waals surface area contributed by atoms with E-state index >= 15 is 0 Å². The second kappa shape index (κ2) is 5.73. The van der Waals surface area contributed by atoms with Crippen LogP contribution in [0.5, 0.6) is 0 Å². The molecule has 1 fully saturated rings. The summed E-state index contributed by atoms with van der Waals surface area (Å²) >= 11 is 0. The maximum absolute atomic E-state index is 2.54. The van der Waals surface area contributed by atoms with Crippen molar-refractivity contribution in [2.45, 2.75) is 58.8 Å². The molecule has 1 aliphatic carbocycles. The SMILES string of the molecule is CCCCC[C@]1(C=C(C)C)C[C@H]1c1ccccc1. The number of hydrogen-bond acceptors (Lipinski definition) is 0. The third kappa shape index (κ3) is 3.04. The standard InChI is InChI=1S/C18H26/c1-4-5-9-12-18(13-15(2)3)14-17(18)16-10-7-6-8-11-16/h6-8,10-11,13,17H,4-5,9,12,14H2,1-3H3/t17-,18-/m0/s1. The molecule has 2 rings (SSSR count). The van der Waals surface area contributed by atoms with Crippen LogP contribution in [0.4, 0.5) is 0 Å². The number of rotatable bonds is 6. The third-order valence-electron chi connectivity index (χ3n) is 4.14. The zero-order valence-corrected chi connectivity index (χ0v) is 12.1. The zero-order chi connectivity index (χ0) is 13.0. The molecule has 1 aliphatic rings. The van der Waals surface area contributed by atoms with Crippen molar-refractivity contribution in [1.82, 2.24) is 0 Å². The molecule has 0 aromatic heterocycles. The second-order valence-corrected chi connectivity index (χ2v) is 6.08. The van der Waals surface area contributed by atoms with E-state index in [0.717, 1.165) is 5.92 Å². The van der Waals surface area contributed by atoms with E-state index in [1.807, 2.05) is 0 Å². The Labute approximate surface area is 112 Å². The van der Waals surface area contributed by atoms with Crippen LogP contribution in [0.25, 0.3) is 0 Å². The van der Waals surface area contributed by atoms with E-state index in [4.69, 9.17) is 0 Å². The van der Waals surface area contributed by atoms with Gasteiger partial charge >= 0.3 is 0 Å². The molecule has 0 aliphatic heterocycles. The van der Waals surface area contributed by atoms with Crippen LogP contribution in [0.3, 0.4) is 0 Å². The van der Waals surface area contributed by atoms with E-state index in [2.05, 4.69) is 57.2 Å². The number of unbranched alkanes of at least 4 members (excludes halogenated alkanes) is 2. The molecule has 0 unspecified atom stereocenters. The van der Waals surface area contributed by atoms with Crippen LogP contribution < -0.4 is 0 Å². The molecule has 2 atom stereocenters. The van der Waals surface area contributed by atoms with Gasteiger partial charge in [0.1, 0.15) is 0 Å². The first-order chi connectivity index (χ1) is 8.68. The van der Waals surface area contributed by atoms with Crippen LogP contribution in [0.15, 0.2) is 42.0 Å². The summed E-state index contributed by atoms with van der Waals surface area (Å²) in [6.45, 7) is 6.76. The normalized spacial score (nSPS) is 25.8. The quantitative estimate of drug-likeness (QED) is 0.443. The largest absolute Gasteiger partial charge is 0.0798 e. The summed E-state index contributed by atoms with van der Waals surface area (Å²) < 4.78 is 0. The molecule has 18 heavy (non-hydrogen) atoms. The molecule has 0 bridgehead atoms. The fraction of sp³-hybridized carbons (Fsp3) is 0.556. The van der Waals surface area contributed by atoms with Crippen molar-refractivity contribution >= 4 is 0 Å². The number of hydrogen-bond donors (Lipinski definition) is 0. The molecule has 0 spiro atoms. The predicted octanol–water partition coefficient (Wildman–Crippen LogP) is 5.71. The first kappa shape index (κ1) is 13.4. The highest BCUT2D eigenvalue weighted by atomic mass is 14.5. The summed E-state index contributed by atoms with van der Waals surface area (Å²) in [5.74, 6) is 0.769. The summed E-state index contributed by atoms with van der Waals surface area (Å²) in [6, 6.07) is 11.1. The molecule has 1 saturated carbocycles. The van der Waals surface area contributed by atoms with E-state index in [0.29, 0.717) is 5.41 Å². The Bertz CT molecular complexity index is 397. The maximum Gasteiger partial charge on any atom is -0.00407 e. The average molecular weight is 242 g/mol. The molecule has 0 saturated heterocycles. The Morgan fingerprint density at radius 2 is 1.94 bits per heavy atom. The van der Waals surface area contributed by atoms with Crippen molar-refractivity contribution in [3.63, 3.8) is 0 Å². The summed E-state index contributed by atoms with van der Waals surface area (Å²) in [6.07, 6.45) is 9.34. The Hall–Kier alpha value is -1.04. The van der Waals surface area contributed by atoms with Crippen LogP contribution in [0.1, 0.15) is 64.4 Å². The summed E-state index contributed by atoms with van der Waals surface area (Å²) in [5.41, 5.74) is 3.49. The minimum absolute atomic E-state index is 0.482. The van der Waals surface area contributed by atoms with Crippen LogP contribution in [-0.2, 0) is 0 Å². The second-order valence-electron chi connectivity index (χ2n) is 6.08. The molecule has 0 radical (unpaired) electrons. The zero-order valence-electron chi connectivity index (χ0n) is 12.1. The molecule has 1 aromatic rings. The Balaban J connectivity index is 2.08. The van der Waals surface area contributed by atoms with Crippen molar-refractivity contribution in [2.24, 2.45) is 5.41 Å². The van der Waals surface area contributed by atoms with Gasteiger partial charge < -0.3 is 0 Å². The number of allylic oxidation sites excluding steroid dienone is 2. The molecular weight excluding hydrogens is 216 g/mol. The van der Waals surface area contributed by atoms with Gasteiger partial charge in [-0.1, -0.05) is 68.2 Å². The van der Waals surface area contributed by atoms with Gasteiger partial charge in [-0.25, -0.2) is 0 Å². The fourth-order valence-corrected chi connectivity index (χ4v) is 3.24. The van der Waals surface area contributed by atoms with Gasteiger partial charge in [0, 0.05) is 0 Å². The van der Waals surface area contributed by atoms with E-state index < -0.39 is 0 Å². The Kier molecular flexibility index (Phi) is 4.27. The topological polar surface area (TPSA) is 0 Å². The molecule has 0 heteroatoms. The molecular formula is C18H26. The van der Waals surface area contributed by atoms with E-state index in [1.165, 1.54) is 43.2 Å². The highest BCUT2D eigenvalue weighted by Gasteiger charge is 2.51. The monoisotopic (exact) mass is 242 g/mol. The lowest BCUT2D eigenvalue weighted by atomic mass is 9.91. The van der Waals surface area contributed by atoms with Crippen molar-refractivity contribution in [3.05, 3.63) is 47.5 Å². The molecule has 0 nitrogen and oxygen atoms in total. The van der Waals surface area contributed by atoms with E-state index in [9.17, 15) is 0 Å². The Morgan fingerprint density at radius 3 is 2.56 bits per heavy atom. The van der Waals surface area contributed by atoms with Gasteiger partial charge in [0.25, 0.3) is 0 Å². The van der Waals surface area contributed by atoms with Gasteiger partial charge in [0.2, 0.25) is 0 Å². The third-order valence-corrected chi connectivity index (χ3v) is 4.14. The Morgan fingerprint density at radius 1 is 1.22 bits per heavy atom. The van der Waals surface area contributed by atoms with Gasteiger partial charge in [-0.2, -0.15) is 0 Å². The van der Waals surface area contributed by atoms with Crippen molar-refractivity contribution in [3.8, 4) is 0 Å². The van der Waals surface area contributed by atoms with Crippen molar-refractivity contribution in [1.29, 1.82) is 0 Å². The smallest absolute Gasteiger partial charge is 0.00407 e. The molecule has 0 heterocycles. The first-order valence-corrected chi connectivity index (χ1v) is 7.39. The lowest BCUT2D eigenvalue weighted by Crippen LogP contribution is -2.01. The highest BCUT2D eigenvalue weighted by Crippen LogP contribution is 2.63. The molecule has 0 N–H and O–H groups in total. The van der Waals surface area contributed by atoms with Crippen molar-refractivity contribution < 1.29 is 0 Å². The molecule has 98 valence electrons. The number of benzene rings is 1. The maximum atomic E-state index is 2.54. The van der Waals surface area contributed by atoms with Crippen LogP contribution in [0, 0.1) is 5.41 Å². The first-order valence-electron chi connectivity index (χ1n) is 7.39. The highest BCUT2D eigenvalue weighted by molar-refractivity contribution is 5.34. The van der Waals surface area contributed by atoms with Crippen LogP contribution >= 0.6 is 0 Å². The van der Waals surface area contributed by atoms with Gasteiger partial charge in [-0.05, 0) is 43.6 Å². The fourth-order valence-electron chi connectivity index (χ4n) is 3.24. The lowest BCUT2D eigenvalue weighted by molar-refractivity contribution is 0.511. The van der Waals surface area contributed by atoms with Gasteiger partial charge in [0.15, 0.2) is 0 Å². The average Bonchev–Trinajstić information content (AvgIpc) is 3.04. The minimum Gasteiger partial charge on any atom is -0.0798 e. The summed E-state index contributed by atoms with van der Waals surface area (Å²) in [7, 11) is 0. The minimum atomic E-state index is 0.482. The van der Waals surface area contributed by atoms with E-state index in [-0.39, 0.29) is 0 Å². The molecule has 1 aromatic carbocycles. The summed E-state index contributed by atoms with van der Waals surface area (Å²) in [5, 5.41) is 0. The van der Waals surface area contributed by atoms with Gasteiger partial charge in [-0.15, -0.1) is 0 Å². The lowest BCUT2D eigenvalue weighted by Gasteiger charge is -2.14. The summed E-state index contributed by atoms with van der Waals surface area (Å²) in [4.78, 5) is 0. The van der Waals surface area contributed by atoms with Crippen LogP contribution in [0.2, 0.25) is 0 Å². The van der Waals surface area contributed by atoms with Crippen molar-refractivity contribution in [2.75, 3.05) is 0 Å². The van der Waals surface area contributed by atoms with Gasteiger partial charge in [0.05, 0.1) is 0 Å². The van der Waals surface area contributed by atoms with E-state index in [1.54, 1.807) is 0 Å². The predicted molar refractivity (Wildman–Crippen MR) is 79.8 cm³/mol. The molecule has 0 amide bonds. The van der Waals surface area contributed by atoms with Crippen LogP contribution in [-0.4, -0.2) is 0 Å². The van der Waals surface area contributed by atoms with Gasteiger partial charge in [-0.3, -0.25) is 0 Å².